The van der Waals surface area contributed by atoms with E-state index in [1.807, 2.05) is 19.1 Å². The summed E-state index contributed by atoms with van der Waals surface area (Å²) in [5.74, 6) is 0. The maximum Gasteiger partial charge on any atom is 0.102 e. The second kappa shape index (κ2) is 3.14. The van der Waals surface area contributed by atoms with E-state index < -0.39 is 0 Å². The Bertz CT molecular complexity index is 264. The normalized spacial score (nSPS) is 11.6. The highest BCUT2D eigenvalue weighted by Gasteiger charge is 1.96. The minimum atomic E-state index is 0.532. The highest BCUT2D eigenvalue weighted by molar-refractivity contribution is 5.96. The Morgan fingerprint density at radius 3 is 2.73 bits per heavy atom. The highest BCUT2D eigenvalue weighted by atomic mass is 16.4. The molecule has 0 atom stereocenters. The predicted octanol–water partition coefficient (Wildman–Crippen LogP) is 1.59. The Balaban J connectivity index is 2.99. The van der Waals surface area contributed by atoms with Crippen molar-refractivity contribution in [1.29, 1.82) is 0 Å². The van der Waals surface area contributed by atoms with E-state index in [9.17, 15) is 0 Å². The molecular formula is C8H10N2O. The lowest BCUT2D eigenvalue weighted by Gasteiger charge is -1.96. The van der Waals surface area contributed by atoms with Gasteiger partial charge in [0.25, 0.3) is 0 Å². The van der Waals surface area contributed by atoms with Gasteiger partial charge in [0.1, 0.15) is 5.71 Å². The van der Waals surface area contributed by atoms with Gasteiger partial charge in [0, 0.05) is 6.20 Å². The number of nitrogens with zero attached hydrogens (tertiary/aromatic N) is 2. The number of aryl methyl sites for hydroxylation is 1. The lowest BCUT2D eigenvalue weighted by molar-refractivity contribution is 0.319. The smallest absolute Gasteiger partial charge is 0.102 e. The SMILES string of the molecule is C/C(=N\O)c1ccc(C)cn1. The van der Waals surface area contributed by atoms with Gasteiger partial charge in [-0.25, -0.2) is 0 Å². The molecule has 0 aliphatic carbocycles. The van der Waals surface area contributed by atoms with E-state index in [2.05, 4.69) is 10.1 Å². The molecule has 1 heterocycles. The Morgan fingerprint density at radius 2 is 2.27 bits per heavy atom. The van der Waals surface area contributed by atoms with Crippen molar-refractivity contribution in [2.24, 2.45) is 5.16 Å². The Labute approximate surface area is 65.4 Å². The van der Waals surface area contributed by atoms with Crippen LogP contribution in [0.5, 0.6) is 0 Å². The first-order valence-corrected chi connectivity index (χ1v) is 3.35. The van der Waals surface area contributed by atoms with Crippen LogP contribution in [0.2, 0.25) is 0 Å². The minimum Gasteiger partial charge on any atom is -0.411 e. The molecule has 11 heavy (non-hydrogen) atoms. The van der Waals surface area contributed by atoms with Crippen molar-refractivity contribution in [1.82, 2.24) is 4.98 Å². The van der Waals surface area contributed by atoms with Crippen LogP contribution in [0, 0.1) is 6.92 Å². The fraction of sp³-hybridized carbons (Fsp3) is 0.250. The van der Waals surface area contributed by atoms with Gasteiger partial charge < -0.3 is 5.21 Å². The van der Waals surface area contributed by atoms with Crippen molar-refractivity contribution in [3.63, 3.8) is 0 Å². The van der Waals surface area contributed by atoms with Gasteiger partial charge >= 0.3 is 0 Å². The van der Waals surface area contributed by atoms with E-state index in [-0.39, 0.29) is 0 Å². The summed E-state index contributed by atoms with van der Waals surface area (Å²) in [6.45, 7) is 3.67. The average molecular weight is 150 g/mol. The van der Waals surface area contributed by atoms with Gasteiger partial charge in [-0.3, -0.25) is 4.98 Å². The van der Waals surface area contributed by atoms with Gasteiger partial charge in [0.15, 0.2) is 0 Å². The Hall–Kier alpha value is -1.38. The van der Waals surface area contributed by atoms with Crippen LogP contribution in [0.1, 0.15) is 18.2 Å². The molecule has 1 N–H and O–H groups in total. The predicted molar refractivity (Wildman–Crippen MR) is 43.0 cm³/mol. The summed E-state index contributed by atoms with van der Waals surface area (Å²) in [4.78, 5) is 4.06. The number of hydrogen-bond acceptors (Lipinski definition) is 3. The fourth-order valence-corrected chi connectivity index (χ4v) is 0.733. The van der Waals surface area contributed by atoms with E-state index in [1.54, 1.807) is 13.1 Å². The molecule has 58 valence electrons. The van der Waals surface area contributed by atoms with Crippen LogP contribution in [0.15, 0.2) is 23.5 Å². The summed E-state index contributed by atoms with van der Waals surface area (Å²) < 4.78 is 0. The second-order valence-electron chi connectivity index (χ2n) is 2.41. The topological polar surface area (TPSA) is 45.5 Å². The summed E-state index contributed by atoms with van der Waals surface area (Å²) in [5, 5.41) is 11.4. The summed E-state index contributed by atoms with van der Waals surface area (Å²) >= 11 is 0. The molecule has 0 amide bonds. The first-order chi connectivity index (χ1) is 5.24. The van der Waals surface area contributed by atoms with E-state index in [1.165, 1.54) is 0 Å². The van der Waals surface area contributed by atoms with E-state index >= 15 is 0 Å². The summed E-state index contributed by atoms with van der Waals surface area (Å²) in [6.07, 6.45) is 1.74. The van der Waals surface area contributed by atoms with Gasteiger partial charge in [-0.15, -0.1) is 0 Å². The zero-order valence-corrected chi connectivity index (χ0v) is 6.57. The molecule has 0 spiro atoms. The quantitative estimate of drug-likeness (QED) is 0.375. The molecule has 1 aromatic rings. The third-order valence-electron chi connectivity index (χ3n) is 1.43. The van der Waals surface area contributed by atoms with E-state index in [4.69, 9.17) is 5.21 Å². The molecule has 0 saturated heterocycles. The van der Waals surface area contributed by atoms with Gasteiger partial charge in [0.2, 0.25) is 0 Å². The second-order valence-corrected chi connectivity index (χ2v) is 2.41. The molecule has 0 aliphatic rings. The van der Waals surface area contributed by atoms with Crippen LogP contribution in [-0.2, 0) is 0 Å². The van der Waals surface area contributed by atoms with Crippen molar-refractivity contribution >= 4 is 5.71 Å². The van der Waals surface area contributed by atoms with Crippen LogP contribution in [-0.4, -0.2) is 15.9 Å². The van der Waals surface area contributed by atoms with Crippen molar-refractivity contribution in [3.8, 4) is 0 Å². The van der Waals surface area contributed by atoms with Crippen molar-refractivity contribution in [2.45, 2.75) is 13.8 Å². The van der Waals surface area contributed by atoms with Crippen molar-refractivity contribution in [2.75, 3.05) is 0 Å². The third-order valence-corrected chi connectivity index (χ3v) is 1.43. The molecule has 0 bridgehead atoms. The molecular weight excluding hydrogens is 140 g/mol. The third kappa shape index (κ3) is 1.77. The molecule has 0 radical (unpaired) electrons. The molecule has 0 unspecified atom stereocenters. The molecule has 0 aromatic carbocycles. The van der Waals surface area contributed by atoms with Crippen LogP contribution < -0.4 is 0 Å². The number of aromatic nitrogens is 1. The van der Waals surface area contributed by atoms with Crippen LogP contribution >= 0.6 is 0 Å². The molecule has 0 aliphatic heterocycles. The lowest BCUT2D eigenvalue weighted by atomic mass is 10.2. The number of oxime groups is 1. The zero-order chi connectivity index (χ0) is 8.27. The van der Waals surface area contributed by atoms with Gasteiger partial charge in [-0.2, -0.15) is 0 Å². The molecule has 1 rings (SSSR count). The first kappa shape index (κ1) is 7.72. The molecule has 3 heteroatoms. The standard InChI is InChI=1S/C8H10N2O/c1-6-3-4-8(9-5-6)7(2)10-11/h3-5,11H,1-2H3/b10-7+. The molecule has 0 fully saturated rings. The minimum absolute atomic E-state index is 0.532. The van der Waals surface area contributed by atoms with Crippen LogP contribution in [0.4, 0.5) is 0 Å². The fourth-order valence-electron chi connectivity index (χ4n) is 0.733. The molecule has 0 saturated carbocycles. The van der Waals surface area contributed by atoms with Crippen LogP contribution in [0.3, 0.4) is 0 Å². The maximum atomic E-state index is 8.41. The van der Waals surface area contributed by atoms with Gasteiger partial charge in [-0.1, -0.05) is 11.2 Å². The zero-order valence-electron chi connectivity index (χ0n) is 6.57. The number of pyridine rings is 1. The first-order valence-electron chi connectivity index (χ1n) is 3.35. The number of hydrogen-bond donors (Lipinski definition) is 1. The van der Waals surface area contributed by atoms with Crippen molar-refractivity contribution < 1.29 is 5.21 Å². The Morgan fingerprint density at radius 1 is 1.55 bits per heavy atom. The van der Waals surface area contributed by atoms with E-state index in [0.29, 0.717) is 11.4 Å². The summed E-state index contributed by atoms with van der Waals surface area (Å²) in [5.41, 5.74) is 2.34. The maximum absolute atomic E-state index is 8.41. The Kier molecular flexibility index (Phi) is 2.21. The highest BCUT2D eigenvalue weighted by Crippen LogP contribution is 1.99. The van der Waals surface area contributed by atoms with Crippen LogP contribution in [0.25, 0.3) is 0 Å². The van der Waals surface area contributed by atoms with Gasteiger partial charge in [-0.05, 0) is 25.5 Å². The molecule has 1 aromatic heterocycles. The van der Waals surface area contributed by atoms with Gasteiger partial charge in [0.05, 0.1) is 5.69 Å². The lowest BCUT2D eigenvalue weighted by Crippen LogP contribution is -1.97. The number of rotatable bonds is 1. The largest absolute Gasteiger partial charge is 0.411 e. The summed E-state index contributed by atoms with van der Waals surface area (Å²) in [7, 11) is 0. The molecule has 3 nitrogen and oxygen atoms in total. The van der Waals surface area contributed by atoms with E-state index in [0.717, 1.165) is 5.56 Å². The summed E-state index contributed by atoms with van der Waals surface area (Å²) in [6, 6.07) is 3.75. The van der Waals surface area contributed by atoms with Crippen molar-refractivity contribution in [3.05, 3.63) is 29.6 Å². The monoisotopic (exact) mass is 150 g/mol. The average Bonchev–Trinajstić information content (AvgIpc) is 2.05.